The van der Waals surface area contributed by atoms with Gasteiger partial charge < -0.3 is 20.4 Å². The molecule has 3 N–H and O–H groups in total. The van der Waals surface area contributed by atoms with Crippen LogP contribution >= 0.6 is 0 Å². The van der Waals surface area contributed by atoms with Gasteiger partial charge in [-0.1, -0.05) is 29.8 Å². The third-order valence-corrected chi connectivity index (χ3v) is 4.77. The van der Waals surface area contributed by atoms with Crippen molar-refractivity contribution in [2.75, 3.05) is 37.3 Å². The lowest BCUT2D eigenvalue weighted by molar-refractivity contribution is -0.882. The summed E-state index contributed by atoms with van der Waals surface area (Å²) in [5.74, 6) is -0.306. The molecule has 7 heteroatoms. The van der Waals surface area contributed by atoms with Crippen molar-refractivity contribution in [3.63, 3.8) is 0 Å². The topological polar surface area (TPSA) is 83.0 Å². The second-order valence-electron chi connectivity index (χ2n) is 7.50. The number of carbonyl (C=O) groups is 3. The maximum Gasteiger partial charge on any atom is 0.279 e. The van der Waals surface area contributed by atoms with Crippen LogP contribution < -0.4 is 15.5 Å². The monoisotopic (exact) mass is 411 g/mol. The number of amides is 3. The van der Waals surface area contributed by atoms with E-state index < -0.39 is 0 Å². The van der Waals surface area contributed by atoms with Gasteiger partial charge in [-0.15, -0.1) is 0 Å². The molecule has 160 valence electrons. The fourth-order valence-electron chi connectivity index (χ4n) is 2.99. The van der Waals surface area contributed by atoms with Gasteiger partial charge in [0, 0.05) is 31.9 Å². The number of nitrogens with zero attached hydrogens (tertiary/aromatic N) is 1. The van der Waals surface area contributed by atoms with E-state index in [0.29, 0.717) is 24.5 Å². The van der Waals surface area contributed by atoms with Gasteiger partial charge in [-0.2, -0.15) is 0 Å². The standard InChI is InChI=1S/C23H30N4O3/c1-5-27(16-23(30)26(4)14-19-8-6-17(2)7-9-19)15-22(29)25-21-12-10-20(11-13-21)24-18(3)28/h6-13H,5,14-16H2,1-4H3,(H,24,28)(H,25,29)/p+1. The molecule has 0 heterocycles. The maximum atomic E-state index is 12.6. The second-order valence-corrected chi connectivity index (χ2v) is 7.50. The van der Waals surface area contributed by atoms with Gasteiger partial charge in [0.05, 0.1) is 6.54 Å². The molecule has 2 aromatic carbocycles. The Morgan fingerprint density at radius 2 is 1.47 bits per heavy atom. The average molecular weight is 412 g/mol. The highest BCUT2D eigenvalue weighted by atomic mass is 16.2. The van der Waals surface area contributed by atoms with Gasteiger partial charge in [0.2, 0.25) is 5.91 Å². The van der Waals surface area contributed by atoms with Crippen molar-refractivity contribution in [2.45, 2.75) is 27.3 Å². The van der Waals surface area contributed by atoms with E-state index in [1.54, 1.807) is 36.2 Å². The molecule has 1 atom stereocenters. The number of hydrogen-bond donors (Lipinski definition) is 3. The molecule has 0 fully saturated rings. The SMILES string of the molecule is CC[NH+](CC(=O)Nc1ccc(NC(C)=O)cc1)CC(=O)N(C)Cc1ccc(C)cc1. The molecule has 2 rings (SSSR count). The first-order valence-electron chi connectivity index (χ1n) is 10.1. The minimum Gasteiger partial charge on any atom is -0.337 e. The van der Waals surface area contributed by atoms with Crippen LogP contribution in [0.25, 0.3) is 0 Å². The van der Waals surface area contributed by atoms with E-state index in [0.717, 1.165) is 10.5 Å². The summed E-state index contributed by atoms with van der Waals surface area (Å²) in [5.41, 5.74) is 3.58. The lowest BCUT2D eigenvalue weighted by Crippen LogP contribution is -3.13. The Kier molecular flexibility index (Phi) is 8.55. The molecular formula is C23H31N4O3+. The first-order chi connectivity index (χ1) is 14.3. The van der Waals surface area contributed by atoms with Gasteiger partial charge in [-0.25, -0.2) is 0 Å². The molecule has 0 radical (unpaired) electrons. The van der Waals surface area contributed by atoms with Gasteiger partial charge in [0.1, 0.15) is 0 Å². The number of nitrogens with one attached hydrogen (secondary N) is 3. The zero-order valence-corrected chi connectivity index (χ0v) is 18.1. The van der Waals surface area contributed by atoms with Crippen LogP contribution in [0, 0.1) is 6.92 Å². The zero-order chi connectivity index (χ0) is 22.1. The summed E-state index contributed by atoms with van der Waals surface area (Å²) >= 11 is 0. The molecule has 0 spiro atoms. The summed E-state index contributed by atoms with van der Waals surface area (Å²) in [5, 5.41) is 5.52. The molecule has 0 aliphatic heterocycles. The first-order valence-corrected chi connectivity index (χ1v) is 10.1. The van der Waals surface area contributed by atoms with Crippen LogP contribution in [0.3, 0.4) is 0 Å². The fourth-order valence-corrected chi connectivity index (χ4v) is 2.99. The van der Waals surface area contributed by atoms with Gasteiger partial charge >= 0.3 is 0 Å². The van der Waals surface area contributed by atoms with E-state index >= 15 is 0 Å². The van der Waals surface area contributed by atoms with Crippen LogP contribution in [0.4, 0.5) is 11.4 Å². The molecule has 0 bridgehead atoms. The molecule has 0 saturated carbocycles. The second kappa shape index (κ2) is 11.1. The summed E-state index contributed by atoms with van der Waals surface area (Å²) in [6, 6.07) is 15.0. The number of rotatable bonds is 9. The third kappa shape index (κ3) is 7.67. The van der Waals surface area contributed by atoms with Gasteiger partial charge in [0.25, 0.3) is 11.8 Å². The number of aryl methyl sites for hydroxylation is 1. The summed E-state index contributed by atoms with van der Waals surface area (Å²) in [6.45, 7) is 7.10. The van der Waals surface area contributed by atoms with E-state index in [1.165, 1.54) is 12.5 Å². The van der Waals surface area contributed by atoms with Crippen molar-refractivity contribution >= 4 is 29.1 Å². The molecule has 2 aromatic rings. The van der Waals surface area contributed by atoms with Crippen molar-refractivity contribution < 1.29 is 19.3 Å². The Morgan fingerprint density at radius 3 is 2.00 bits per heavy atom. The summed E-state index contributed by atoms with van der Waals surface area (Å²) in [4.78, 5) is 38.6. The minimum atomic E-state index is -0.159. The highest BCUT2D eigenvalue weighted by Crippen LogP contribution is 2.13. The average Bonchev–Trinajstić information content (AvgIpc) is 2.70. The smallest absolute Gasteiger partial charge is 0.279 e. The molecule has 0 aliphatic rings. The molecule has 0 aromatic heterocycles. The molecule has 30 heavy (non-hydrogen) atoms. The number of carbonyl (C=O) groups excluding carboxylic acids is 3. The van der Waals surface area contributed by atoms with Crippen molar-refractivity contribution in [3.8, 4) is 0 Å². The van der Waals surface area contributed by atoms with E-state index in [-0.39, 0.29) is 30.8 Å². The van der Waals surface area contributed by atoms with Crippen LogP contribution in [0.5, 0.6) is 0 Å². The summed E-state index contributed by atoms with van der Waals surface area (Å²) < 4.78 is 0. The Hall–Kier alpha value is -3.19. The van der Waals surface area contributed by atoms with E-state index in [1.807, 2.05) is 38.1 Å². The predicted molar refractivity (Wildman–Crippen MR) is 118 cm³/mol. The van der Waals surface area contributed by atoms with Gasteiger partial charge in [0.15, 0.2) is 13.1 Å². The van der Waals surface area contributed by atoms with Gasteiger partial charge in [-0.05, 0) is 43.7 Å². The first kappa shape index (κ1) is 23.1. The number of quaternary nitrogens is 1. The molecule has 1 unspecified atom stereocenters. The number of benzene rings is 2. The van der Waals surface area contributed by atoms with E-state index in [4.69, 9.17) is 0 Å². The molecule has 7 nitrogen and oxygen atoms in total. The maximum absolute atomic E-state index is 12.6. The molecular weight excluding hydrogens is 380 g/mol. The highest BCUT2D eigenvalue weighted by molar-refractivity contribution is 5.92. The van der Waals surface area contributed by atoms with Crippen LogP contribution in [0.1, 0.15) is 25.0 Å². The Labute approximate surface area is 178 Å². The van der Waals surface area contributed by atoms with Crippen LogP contribution in [-0.2, 0) is 20.9 Å². The van der Waals surface area contributed by atoms with Crippen LogP contribution in [-0.4, -0.2) is 49.3 Å². The summed E-state index contributed by atoms with van der Waals surface area (Å²) in [6.07, 6.45) is 0. The van der Waals surface area contributed by atoms with Crippen molar-refractivity contribution in [3.05, 3.63) is 59.7 Å². The third-order valence-electron chi connectivity index (χ3n) is 4.77. The quantitative estimate of drug-likeness (QED) is 0.584. The lowest BCUT2D eigenvalue weighted by atomic mass is 10.1. The number of hydrogen-bond acceptors (Lipinski definition) is 3. The van der Waals surface area contributed by atoms with Crippen molar-refractivity contribution in [1.29, 1.82) is 0 Å². The predicted octanol–water partition coefficient (Wildman–Crippen LogP) is 1.46. The summed E-state index contributed by atoms with van der Waals surface area (Å²) in [7, 11) is 1.78. The normalized spacial score (nSPS) is 11.5. The van der Waals surface area contributed by atoms with Gasteiger partial charge in [-0.3, -0.25) is 14.4 Å². The Balaban J connectivity index is 1.84. The molecule has 0 saturated heterocycles. The van der Waals surface area contributed by atoms with Crippen LogP contribution in [0.15, 0.2) is 48.5 Å². The fraction of sp³-hybridized carbons (Fsp3) is 0.348. The van der Waals surface area contributed by atoms with Crippen LogP contribution in [0.2, 0.25) is 0 Å². The van der Waals surface area contributed by atoms with Crippen molar-refractivity contribution in [1.82, 2.24) is 4.90 Å². The largest absolute Gasteiger partial charge is 0.337 e. The Morgan fingerprint density at radius 1 is 0.900 bits per heavy atom. The van der Waals surface area contributed by atoms with E-state index in [9.17, 15) is 14.4 Å². The molecule has 3 amide bonds. The molecule has 0 aliphatic carbocycles. The zero-order valence-electron chi connectivity index (χ0n) is 18.1. The number of anilines is 2. The lowest BCUT2D eigenvalue weighted by Gasteiger charge is -2.22. The highest BCUT2D eigenvalue weighted by Gasteiger charge is 2.19. The Bertz CT molecular complexity index is 863. The number of likely N-dealkylation sites (N-methyl/N-ethyl adjacent to an activating group) is 2. The van der Waals surface area contributed by atoms with Crippen molar-refractivity contribution in [2.24, 2.45) is 0 Å². The van der Waals surface area contributed by atoms with E-state index in [2.05, 4.69) is 10.6 Å². The minimum absolute atomic E-state index is 0.000106.